The van der Waals surface area contributed by atoms with Crippen LogP contribution in [0.25, 0.3) is 5.65 Å². The molecular formula is C26H20F3N5O4. The molecule has 194 valence electrons. The van der Waals surface area contributed by atoms with Gasteiger partial charge in [0, 0.05) is 24.6 Å². The van der Waals surface area contributed by atoms with Crippen molar-refractivity contribution in [3.63, 3.8) is 0 Å². The van der Waals surface area contributed by atoms with Crippen LogP contribution in [0.5, 0.6) is 0 Å². The molecule has 0 unspecified atom stereocenters. The highest BCUT2D eigenvalue weighted by atomic mass is 19.2. The number of halogens is 3. The van der Waals surface area contributed by atoms with E-state index in [4.69, 9.17) is 0 Å². The monoisotopic (exact) mass is 523 g/mol. The van der Waals surface area contributed by atoms with E-state index >= 15 is 0 Å². The molecule has 0 radical (unpaired) electrons. The highest BCUT2D eigenvalue weighted by Gasteiger charge is 2.33. The molecule has 12 heteroatoms. The van der Waals surface area contributed by atoms with Gasteiger partial charge in [0.1, 0.15) is 11.4 Å². The number of amides is 2. The molecule has 2 atom stereocenters. The van der Waals surface area contributed by atoms with Crippen molar-refractivity contribution >= 4 is 23.2 Å². The average molecular weight is 523 g/mol. The van der Waals surface area contributed by atoms with Crippen LogP contribution in [0.15, 0.2) is 48.7 Å². The maximum atomic E-state index is 14.4. The van der Waals surface area contributed by atoms with Crippen LogP contribution < -0.4 is 10.6 Å². The lowest BCUT2D eigenvalue weighted by molar-refractivity contribution is 0.0850. The van der Waals surface area contributed by atoms with E-state index in [0.29, 0.717) is 16.7 Å². The second kappa shape index (κ2) is 9.71. The zero-order valence-corrected chi connectivity index (χ0v) is 19.8. The summed E-state index contributed by atoms with van der Waals surface area (Å²) in [6.45, 7) is 1.25. The Hall–Kier alpha value is -4.58. The van der Waals surface area contributed by atoms with Gasteiger partial charge in [-0.25, -0.2) is 22.7 Å². The Bertz CT molecular complexity index is 1620. The van der Waals surface area contributed by atoms with Gasteiger partial charge in [-0.05, 0) is 41.8 Å². The Labute approximate surface area is 213 Å². The molecule has 2 aromatic heterocycles. The molecule has 0 saturated carbocycles. The van der Waals surface area contributed by atoms with Crippen LogP contribution in [-0.4, -0.2) is 43.4 Å². The van der Waals surface area contributed by atoms with E-state index in [1.165, 1.54) is 13.0 Å². The Morgan fingerprint density at radius 2 is 1.82 bits per heavy atom. The smallest absolute Gasteiger partial charge is 0.270 e. The number of nitrogens with zero attached hydrogens (tertiary/aromatic N) is 3. The number of Topliss-reactive ketones (excluding diaryl/α,β-unsaturated/α-hetero) is 1. The van der Waals surface area contributed by atoms with E-state index in [2.05, 4.69) is 20.7 Å². The third-order valence-corrected chi connectivity index (χ3v) is 6.32. The maximum Gasteiger partial charge on any atom is 0.270 e. The SMILES string of the molecule is CC(=O)c1ccc2c(c1)C[C@@H](O)[C@@H]2NC(=O)c1cc(C(=O)NCc2ccc(F)c(F)c2)nc2c(F)cnn12. The van der Waals surface area contributed by atoms with Crippen molar-refractivity contribution in [2.24, 2.45) is 0 Å². The third kappa shape index (κ3) is 4.61. The lowest BCUT2D eigenvalue weighted by Gasteiger charge is -2.18. The highest BCUT2D eigenvalue weighted by molar-refractivity contribution is 5.98. The van der Waals surface area contributed by atoms with Crippen molar-refractivity contribution in [3.05, 3.63) is 99.8 Å². The standard InChI is InChI=1S/C26H20F3N5O4/c1-12(35)14-3-4-16-15(7-14)8-22(36)23(16)33-26(38)21-9-20(32-24-19(29)11-31-34(21)24)25(37)30-10-13-2-5-17(27)18(28)6-13/h2-7,9,11,22-23,36H,8,10H2,1H3,(H,30,37)(H,33,38)/t22-,23-/m1/s1. The molecule has 0 aliphatic heterocycles. The minimum absolute atomic E-state index is 0.134. The molecule has 1 aliphatic carbocycles. The fraction of sp³-hybridized carbons (Fsp3) is 0.192. The largest absolute Gasteiger partial charge is 0.390 e. The number of benzene rings is 2. The molecule has 2 heterocycles. The van der Waals surface area contributed by atoms with Gasteiger partial charge in [0.15, 0.2) is 28.9 Å². The number of aliphatic hydroxyl groups is 1. The van der Waals surface area contributed by atoms with Gasteiger partial charge in [-0.15, -0.1) is 0 Å². The van der Waals surface area contributed by atoms with Gasteiger partial charge in [0.05, 0.1) is 18.3 Å². The summed E-state index contributed by atoms with van der Waals surface area (Å²) in [6.07, 6.45) is 0.0634. The zero-order valence-electron chi connectivity index (χ0n) is 19.8. The number of hydrogen-bond acceptors (Lipinski definition) is 6. The minimum Gasteiger partial charge on any atom is -0.390 e. The fourth-order valence-electron chi connectivity index (χ4n) is 4.38. The molecule has 3 N–H and O–H groups in total. The van der Waals surface area contributed by atoms with Crippen LogP contribution in [0.1, 0.15) is 61.0 Å². The summed E-state index contributed by atoms with van der Waals surface area (Å²) in [5.41, 5.74) is 1.16. The Kier molecular flexibility index (Phi) is 6.41. The molecule has 4 aromatic rings. The second-order valence-electron chi connectivity index (χ2n) is 8.88. The molecule has 9 nitrogen and oxygen atoms in total. The third-order valence-electron chi connectivity index (χ3n) is 6.32. The topological polar surface area (TPSA) is 126 Å². The summed E-state index contributed by atoms with van der Waals surface area (Å²) in [5.74, 6) is -4.68. The molecule has 0 bridgehead atoms. The average Bonchev–Trinajstić information content (AvgIpc) is 3.42. The van der Waals surface area contributed by atoms with E-state index in [9.17, 15) is 32.7 Å². The number of aromatic nitrogens is 3. The second-order valence-corrected chi connectivity index (χ2v) is 8.88. The van der Waals surface area contributed by atoms with Crippen LogP contribution in [0.2, 0.25) is 0 Å². The van der Waals surface area contributed by atoms with Crippen molar-refractivity contribution in [1.29, 1.82) is 0 Å². The molecule has 2 amide bonds. The van der Waals surface area contributed by atoms with Crippen molar-refractivity contribution in [2.75, 3.05) is 0 Å². The van der Waals surface area contributed by atoms with Gasteiger partial charge in [0.25, 0.3) is 11.8 Å². The summed E-state index contributed by atoms with van der Waals surface area (Å²) in [4.78, 5) is 41.7. The van der Waals surface area contributed by atoms with E-state index in [1.807, 2.05) is 0 Å². The van der Waals surface area contributed by atoms with E-state index < -0.39 is 41.4 Å². The van der Waals surface area contributed by atoms with Crippen molar-refractivity contribution in [3.8, 4) is 0 Å². The Morgan fingerprint density at radius 3 is 2.55 bits per heavy atom. The van der Waals surface area contributed by atoms with E-state index in [-0.39, 0.29) is 41.3 Å². The number of hydrogen-bond donors (Lipinski definition) is 3. The van der Waals surface area contributed by atoms with E-state index in [0.717, 1.165) is 28.9 Å². The predicted octanol–water partition coefficient (Wildman–Crippen LogP) is 2.67. The highest BCUT2D eigenvalue weighted by Crippen LogP contribution is 2.32. The van der Waals surface area contributed by atoms with Gasteiger partial charge in [0.2, 0.25) is 0 Å². The van der Waals surface area contributed by atoms with Crippen molar-refractivity contribution in [1.82, 2.24) is 25.2 Å². The van der Waals surface area contributed by atoms with Crippen LogP contribution in [0.3, 0.4) is 0 Å². The normalized spacial score (nSPS) is 16.3. The number of carbonyl (C=O) groups excluding carboxylic acids is 3. The summed E-state index contributed by atoms with van der Waals surface area (Å²) < 4.78 is 41.9. The maximum absolute atomic E-state index is 14.4. The lowest BCUT2D eigenvalue weighted by atomic mass is 10.0. The predicted molar refractivity (Wildman–Crippen MR) is 127 cm³/mol. The first-order valence-corrected chi connectivity index (χ1v) is 11.5. The van der Waals surface area contributed by atoms with Gasteiger partial charge < -0.3 is 15.7 Å². The van der Waals surface area contributed by atoms with Crippen molar-refractivity contribution in [2.45, 2.75) is 32.0 Å². The summed E-state index contributed by atoms with van der Waals surface area (Å²) >= 11 is 0. The first kappa shape index (κ1) is 25.1. The number of nitrogens with one attached hydrogen (secondary N) is 2. The molecule has 0 saturated heterocycles. The number of carbonyl (C=O) groups is 3. The van der Waals surface area contributed by atoms with Crippen LogP contribution in [-0.2, 0) is 13.0 Å². The van der Waals surface area contributed by atoms with Crippen LogP contribution in [0, 0.1) is 17.5 Å². The molecule has 0 fully saturated rings. The Morgan fingerprint density at radius 1 is 1.03 bits per heavy atom. The molecule has 0 spiro atoms. The van der Waals surface area contributed by atoms with Gasteiger partial charge >= 0.3 is 0 Å². The summed E-state index contributed by atoms with van der Waals surface area (Å²) in [6, 6.07) is 8.32. The molecule has 2 aromatic carbocycles. The number of rotatable bonds is 6. The lowest BCUT2D eigenvalue weighted by Crippen LogP contribution is -2.35. The van der Waals surface area contributed by atoms with E-state index in [1.54, 1.807) is 18.2 Å². The quantitative estimate of drug-likeness (QED) is 0.334. The molecular weight excluding hydrogens is 503 g/mol. The fourth-order valence-corrected chi connectivity index (χ4v) is 4.38. The van der Waals surface area contributed by atoms with Gasteiger partial charge in [-0.3, -0.25) is 14.4 Å². The summed E-state index contributed by atoms with van der Waals surface area (Å²) in [7, 11) is 0. The van der Waals surface area contributed by atoms with Crippen molar-refractivity contribution < 1.29 is 32.7 Å². The molecule has 38 heavy (non-hydrogen) atoms. The number of aliphatic hydroxyl groups excluding tert-OH is 1. The van der Waals surface area contributed by atoms with Crippen LogP contribution >= 0.6 is 0 Å². The minimum atomic E-state index is -1.08. The summed E-state index contributed by atoms with van der Waals surface area (Å²) in [5, 5.41) is 19.6. The molecule has 1 aliphatic rings. The van der Waals surface area contributed by atoms with Crippen LogP contribution in [0.4, 0.5) is 13.2 Å². The zero-order chi connectivity index (χ0) is 27.1. The molecule has 5 rings (SSSR count). The first-order chi connectivity index (χ1) is 18.1. The Balaban J connectivity index is 1.41. The number of fused-ring (bicyclic) bond motifs is 2. The first-order valence-electron chi connectivity index (χ1n) is 11.5. The van der Waals surface area contributed by atoms with Gasteiger partial charge in [-0.1, -0.05) is 18.2 Å². The number of ketones is 1. The van der Waals surface area contributed by atoms with Gasteiger partial charge in [-0.2, -0.15) is 5.10 Å².